The van der Waals surface area contributed by atoms with Crippen LogP contribution in [0.25, 0.3) is 22.7 Å². The van der Waals surface area contributed by atoms with Gasteiger partial charge in [0.05, 0.1) is 5.52 Å². The quantitative estimate of drug-likeness (QED) is 0.489. The summed E-state index contributed by atoms with van der Waals surface area (Å²) in [6, 6.07) is 13.7. The highest BCUT2D eigenvalue weighted by Gasteiger charge is 2.20. The van der Waals surface area contributed by atoms with Crippen LogP contribution >= 0.6 is 0 Å². The molecule has 0 bridgehead atoms. The number of ether oxygens (including phenoxy) is 1. The lowest BCUT2D eigenvalue weighted by atomic mass is 9.92. The fourth-order valence-electron chi connectivity index (χ4n) is 3.58. The molecule has 0 fully saturated rings. The van der Waals surface area contributed by atoms with Gasteiger partial charge in [-0.2, -0.15) is 0 Å². The van der Waals surface area contributed by atoms with E-state index in [4.69, 9.17) is 10.5 Å². The number of fused-ring (bicyclic) bond motifs is 3. The maximum absolute atomic E-state index is 13.9. The fraction of sp³-hybridized carbons (Fsp3) is 0.0455. The van der Waals surface area contributed by atoms with Gasteiger partial charge < -0.3 is 10.5 Å². The van der Waals surface area contributed by atoms with Crippen molar-refractivity contribution in [2.45, 2.75) is 6.61 Å². The largest absolute Gasteiger partial charge is 0.488 e. The molecule has 0 saturated heterocycles. The molecule has 29 heavy (non-hydrogen) atoms. The van der Waals surface area contributed by atoms with Gasteiger partial charge in [-0.25, -0.2) is 13.8 Å². The van der Waals surface area contributed by atoms with Crippen molar-refractivity contribution in [2.24, 2.45) is 0 Å². The Morgan fingerprint density at radius 2 is 1.72 bits per heavy atom. The van der Waals surface area contributed by atoms with E-state index >= 15 is 0 Å². The third kappa shape index (κ3) is 2.91. The molecule has 0 radical (unpaired) electrons. The molecule has 1 aliphatic heterocycles. The SMILES string of the molecule is Nc1nc2cc(/C=C3\c4ccc(F)cc4COc4cc(F)ccc43)ccc2n1F. The highest BCUT2D eigenvalue weighted by molar-refractivity contribution is 5.96. The minimum absolute atomic E-state index is 0.114. The Hall–Kier alpha value is -3.74. The molecule has 5 rings (SSSR count). The molecule has 0 aliphatic carbocycles. The van der Waals surface area contributed by atoms with Crippen molar-refractivity contribution < 1.29 is 18.0 Å². The molecule has 1 aromatic heterocycles. The average Bonchev–Trinajstić information content (AvgIpc) is 2.89. The molecular weight excluding hydrogens is 379 g/mol. The van der Waals surface area contributed by atoms with E-state index in [1.807, 2.05) is 6.08 Å². The Morgan fingerprint density at radius 3 is 2.55 bits per heavy atom. The Labute approximate surface area is 163 Å². The molecule has 3 aromatic carbocycles. The van der Waals surface area contributed by atoms with Crippen molar-refractivity contribution in [3.05, 3.63) is 88.5 Å². The highest BCUT2D eigenvalue weighted by Crippen LogP contribution is 2.38. The van der Waals surface area contributed by atoms with E-state index in [1.165, 1.54) is 24.3 Å². The minimum Gasteiger partial charge on any atom is -0.488 e. The number of hydrogen-bond donors (Lipinski definition) is 1. The molecule has 4 nitrogen and oxygen atoms in total. The van der Waals surface area contributed by atoms with Crippen LogP contribution in [0.2, 0.25) is 0 Å². The maximum atomic E-state index is 13.9. The van der Waals surface area contributed by atoms with Crippen LogP contribution in [-0.2, 0) is 6.61 Å². The third-order valence-electron chi connectivity index (χ3n) is 4.93. The highest BCUT2D eigenvalue weighted by atomic mass is 19.2. The number of halogens is 3. The van der Waals surface area contributed by atoms with Gasteiger partial charge in [-0.15, -0.1) is 4.79 Å². The second-order valence-corrected chi connectivity index (χ2v) is 6.79. The molecule has 2 N–H and O–H groups in total. The monoisotopic (exact) mass is 393 g/mol. The van der Waals surface area contributed by atoms with E-state index in [0.717, 1.165) is 16.7 Å². The van der Waals surface area contributed by atoms with E-state index in [9.17, 15) is 13.3 Å². The summed E-state index contributed by atoms with van der Waals surface area (Å²) in [6.45, 7) is 0.114. The first-order valence-corrected chi connectivity index (χ1v) is 8.87. The molecular formula is C22H14F3N3O. The first kappa shape index (κ1) is 17.4. The van der Waals surface area contributed by atoms with E-state index in [-0.39, 0.29) is 23.9 Å². The molecule has 0 amide bonds. The predicted octanol–water partition coefficient (Wildman–Crippen LogP) is 5.11. The number of aromatic nitrogens is 2. The number of imidazole rings is 1. The number of nitrogens with two attached hydrogens (primary N) is 1. The minimum atomic E-state index is -0.425. The number of benzene rings is 3. The summed E-state index contributed by atoms with van der Waals surface area (Å²) in [5, 5.41) is 0. The summed E-state index contributed by atoms with van der Waals surface area (Å²) in [4.78, 5) is 4.33. The maximum Gasteiger partial charge on any atom is 0.230 e. The Balaban J connectivity index is 1.74. The van der Waals surface area contributed by atoms with Crippen molar-refractivity contribution >= 4 is 28.6 Å². The normalized spacial score (nSPS) is 14.4. The van der Waals surface area contributed by atoms with Crippen LogP contribution in [-0.4, -0.2) is 9.77 Å². The number of rotatable bonds is 1. The zero-order chi connectivity index (χ0) is 20.1. The van der Waals surface area contributed by atoms with Gasteiger partial charge >= 0.3 is 0 Å². The summed E-state index contributed by atoms with van der Waals surface area (Å²) in [5.41, 5.74) is 9.76. The van der Waals surface area contributed by atoms with E-state index in [2.05, 4.69) is 4.98 Å². The predicted molar refractivity (Wildman–Crippen MR) is 105 cm³/mol. The second-order valence-electron chi connectivity index (χ2n) is 6.79. The van der Waals surface area contributed by atoms with Gasteiger partial charge in [0.1, 0.15) is 29.5 Å². The number of nitrogens with zero attached hydrogens (tertiary/aromatic N) is 2. The molecule has 0 unspecified atom stereocenters. The molecule has 0 spiro atoms. The topological polar surface area (TPSA) is 53.1 Å². The first-order chi connectivity index (χ1) is 14.0. The fourth-order valence-corrected chi connectivity index (χ4v) is 3.58. The molecule has 0 atom stereocenters. The Bertz CT molecular complexity index is 1250. The van der Waals surface area contributed by atoms with Gasteiger partial charge in [-0.1, -0.05) is 16.6 Å². The summed E-state index contributed by atoms with van der Waals surface area (Å²) < 4.78 is 47.2. The van der Waals surface area contributed by atoms with Crippen molar-refractivity contribution in [1.29, 1.82) is 0 Å². The molecule has 1 aliphatic rings. The second kappa shape index (κ2) is 6.41. The van der Waals surface area contributed by atoms with Gasteiger partial charge in [0.25, 0.3) is 0 Å². The van der Waals surface area contributed by atoms with Gasteiger partial charge in [-0.05, 0) is 59.2 Å². The molecule has 0 saturated carbocycles. The summed E-state index contributed by atoms with van der Waals surface area (Å²) >= 11 is 0. The van der Waals surface area contributed by atoms with Crippen molar-refractivity contribution in [3.63, 3.8) is 0 Å². The Kier molecular flexibility index (Phi) is 3.84. The lowest BCUT2D eigenvalue weighted by molar-refractivity contribution is 0.305. The standard InChI is InChI=1S/C22H14F3N3O/c23-14-2-4-16-13(9-14)11-29-21-10-15(24)3-5-17(21)18(16)7-12-1-6-20-19(8-12)27-22(26)28(20)25/h1-10H,11H2,(H2,26,27)/b18-7+. The van der Waals surface area contributed by atoms with Crippen LogP contribution in [0.1, 0.15) is 22.3 Å². The van der Waals surface area contributed by atoms with Crippen LogP contribution in [0, 0.1) is 11.6 Å². The van der Waals surface area contributed by atoms with E-state index in [1.54, 1.807) is 30.3 Å². The zero-order valence-electron chi connectivity index (χ0n) is 15.0. The van der Waals surface area contributed by atoms with Crippen molar-refractivity contribution in [2.75, 3.05) is 5.73 Å². The van der Waals surface area contributed by atoms with E-state index < -0.39 is 5.82 Å². The molecule has 144 valence electrons. The molecule has 4 aromatic rings. The van der Waals surface area contributed by atoms with Crippen LogP contribution < -0.4 is 10.5 Å². The van der Waals surface area contributed by atoms with Crippen molar-refractivity contribution in [1.82, 2.24) is 9.77 Å². The van der Waals surface area contributed by atoms with Crippen LogP contribution in [0.5, 0.6) is 5.75 Å². The lowest BCUT2D eigenvalue weighted by Gasteiger charge is -2.11. The number of anilines is 1. The zero-order valence-corrected chi connectivity index (χ0v) is 15.0. The smallest absolute Gasteiger partial charge is 0.230 e. The van der Waals surface area contributed by atoms with Gasteiger partial charge in [-0.3, -0.25) is 0 Å². The average molecular weight is 393 g/mol. The number of nitrogen functional groups attached to an aromatic ring is 1. The summed E-state index contributed by atoms with van der Waals surface area (Å²) in [6.07, 6.45) is 1.86. The first-order valence-electron chi connectivity index (χ1n) is 8.87. The Morgan fingerprint density at radius 1 is 0.966 bits per heavy atom. The number of hydrogen-bond acceptors (Lipinski definition) is 3. The molecule has 7 heteroatoms. The summed E-state index contributed by atoms with van der Waals surface area (Å²) in [5.74, 6) is -0.666. The van der Waals surface area contributed by atoms with Crippen LogP contribution in [0.4, 0.5) is 19.2 Å². The van der Waals surface area contributed by atoms with Crippen LogP contribution in [0.3, 0.4) is 0 Å². The van der Waals surface area contributed by atoms with Gasteiger partial charge in [0, 0.05) is 17.2 Å². The lowest BCUT2D eigenvalue weighted by Crippen LogP contribution is -1.96. The summed E-state index contributed by atoms with van der Waals surface area (Å²) in [7, 11) is 0. The molecule has 2 heterocycles. The van der Waals surface area contributed by atoms with E-state index in [0.29, 0.717) is 27.2 Å². The van der Waals surface area contributed by atoms with Crippen LogP contribution in [0.15, 0.2) is 54.6 Å². The van der Waals surface area contributed by atoms with Crippen molar-refractivity contribution in [3.8, 4) is 5.75 Å². The van der Waals surface area contributed by atoms with Gasteiger partial charge in [0.15, 0.2) is 0 Å². The van der Waals surface area contributed by atoms with Gasteiger partial charge in [0.2, 0.25) is 5.95 Å². The third-order valence-corrected chi connectivity index (χ3v) is 4.93.